The van der Waals surface area contributed by atoms with Gasteiger partial charge in [-0.05, 0) is 18.1 Å². The number of carbonyl (C=O) groups excluding carboxylic acids is 1. The lowest BCUT2D eigenvalue weighted by atomic mass is 10.1. The highest BCUT2D eigenvalue weighted by molar-refractivity contribution is 7.13. The highest BCUT2D eigenvalue weighted by atomic mass is 32.1. The normalized spacial score (nSPS) is 15.2. The molecule has 0 aliphatic carbocycles. The van der Waals surface area contributed by atoms with E-state index in [4.69, 9.17) is 0 Å². The standard InChI is InChI=1S/C23H27N5OS/c1-18-7-9-19(10-8-18)15-24-22(29)23-26-25-21(30-23)17-28-13-11-27(12-14-28)16-20-5-3-2-4-6-20/h2-10H,11-17H2,1H3,(H,24,29). The van der Waals surface area contributed by atoms with E-state index in [2.05, 4.69) is 55.6 Å². The first-order valence-corrected chi connectivity index (χ1v) is 11.1. The molecule has 4 rings (SSSR count). The molecular formula is C23H27N5OS. The van der Waals surface area contributed by atoms with Gasteiger partial charge in [-0.3, -0.25) is 14.6 Å². The van der Waals surface area contributed by atoms with E-state index in [-0.39, 0.29) is 5.91 Å². The van der Waals surface area contributed by atoms with Crippen LogP contribution in [0.25, 0.3) is 0 Å². The topological polar surface area (TPSA) is 61.4 Å². The Morgan fingerprint density at radius 3 is 2.27 bits per heavy atom. The number of nitrogens with zero attached hydrogens (tertiary/aromatic N) is 4. The molecule has 0 radical (unpaired) electrons. The van der Waals surface area contributed by atoms with Gasteiger partial charge in [-0.1, -0.05) is 71.5 Å². The van der Waals surface area contributed by atoms with E-state index in [0.29, 0.717) is 11.6 Å². The third-order valence-electron chi connectivity index (χ3n) is 5.31. The molecule has 6 nitrogen and oxygen atoms in total. The van der Waals surface area contributed by atoms with Crippen molar-refractivity contribution >= 4 is 17.2 Å². The molecule has 7 heteroatoms. The van der Waals surface area contributed by atoms with Gasteiger partial charge in [0.25, 0.3) is 5.91 Å². The van der Waals surface area contributed by atoms with Crippen molar-refractivity contribution < 1.29 is 4.79 Å². The van der Waals surface area contributed by atoms with Crippen molar-refractivity contribution in [3.05, 3.63) is 81.3 Å². The number of rotatable bonds is 7. The van der Waals surface area contributed by atoms with Gasteiger partial charge >= 0.3 is 0 Å². The van der Waals surface area contributed by atoms with E-state index in [1.54, 1.807) is 0 Å². The van der Waals surface area contributed by atoms with Crippen LogP contribution in [-0.4, -0.2) is 52.1 Å². The maximum atomic E-state index is 12.4. The maximum absolute atomic E-state index is 12.4. The summed E-state index contributed by atoms with van der Waals surface area (Å²) in [6.07, 6.45) is 0. The first kappa shape index (κ1) is 20.7. The van der Waals surface area contributed by atoms with Crippen molar-refractivity contribution in [2.45, 2.75) is 26.6 Å². The molecule has 1 aliphatic heterocycles. The summed E-state index contributed by atoms with van der Waals surface area (Å²) in [6, 6.07) is 18.7. The lowest BCUT2D eigenvalue weighted by molar-refractivity contribution is 0.0950. The number of aromatic nitrogens is 2. The summed E-state index contributed by atoms with van der Waals surface area (Å²) in [5.41, 5.74) is 3.64. The van der Waals surface area contributed by atoms with Gasteiger partial charge in [0.05, 0.1) is 6.54 Å². The number of aryl methyl sites for hydroxylation is 1. The molecule has 0 saturated carbocycles. The molecule has 30 heavy (non-hydrogen) atoms. The number of hydrogen-bond acceptors (Lipinski definition) is 6. The molecule has 0 atom stereocenters. The Bertz CT molecular complexity index is 949. The van der Waals surface area contributed by atoms with Crippen LogP contribution >= 0.6 is 11.3 Å². The Morgan fingerprint density at radius 1 is 0.900 bits per heavy atom. The lowest BCUT2D eigenvalue weighted by Crippen LogP contribution is -2.45. The summed E-state index contributed by atoms with van der Waals surface area (Å²) < 4.78 is 0. The first-order chi connectivity index (χ1) is 14.7. The van der Waals surface area contributed by atoms with Crippen molar-refractivity contribution in [2.24, 2.45) is 0 Å². The van der Waals surface area contributed by atoms with Crippen LogP contribution < -0.4 is 5.32 Å². The SMILES string of the molecule is Cc1ccc(CNC(=O)c2nnc(CN3CCN(Cc4ccccc4)CC3)s2)cc1. The number of nitrogens with one attached hydrogen (secondary N) is 1. The van der Waals surface area contributed by atoms with E-state index in [1.807, 2.05) is 31.2 Å². The maximum Gasteiger partial charge on any atom is 0.282 e. The summed E-state index contributed by atoms with van der Waals surface area (Å²) in [6.45, 7) is 8.38. The van der Waals surface area contributed by atoms with Gasteiger partial charge in [0, 0.05) is 39.3 Å². The van der Waals surface area contributed by atoms with Crippen LogP contribution in [0.1, 0.15) is 31.5 Å². The van der Waals surface area contributed by atoms with Crippen LogP contribution in [0, 0.1) is 6.92 Å². The minimum atomic E-state index is -0.160. The van der Waals surface area contributed by atoms with Crippen molar-refractivity contribution in [3.63, 3.8) is 0 Å². The van der Waals surface area contributed by atoms with E-state index in [1.165, 1.54) is 22.5 Å². The molecule has 2 aromatic carbocycles. The van der Waals surface area contributed by atoms with Crippen LogP contribution in [0.5, 0.6) is 0 Å². The first-order valence-electron chi connectivity index (χ1n) is 10.3. The molecule has 1 aromatic heterocycles. The lowest BCUT2D eigenvalue weighted by Gasteiger charge is -2.34. The fourth-order valence-corrected chi connectivity index (χ4v) is 4.31. The second kappa shape index (κ2) is 9.93. The predicted molar refractivity (Wildman–Crippen MR) is 119 cm³/mol. The predicted octanol–water partition coefficient (Wildman–Crippen LogP) is 3.09. The summed E-state index contributed by atoms with van der Waals surface area (Å²) in [5, 5.41) is 12.6. The molecule has 0 unspecified atom stereocenters. The molecule has 1 aliphatic rings. The highest BCUT2D eigenvalue weighted by Gasteiger charge is 2.19. The Balaban J connectivity index is 1.22. The van der Waals surface area contributed by atoms with Gasteiger partial charge in [0.1, 0.15) is 5.01 Å². The second-order valence-electron chi connectivity index (χ2n) is 7.71. The molecule has 156 valence electrons. The fourth-order valence-electron chi connectivity index (χ4n) is 3.51. The number of benzene rings is 2. The van der Waals surface area contributed by atoms with Crippen LogP contribution in [0.3, 0.4) is 0 Å². The average molecular weight is 422 g/mol. The Labute approximate surface area is 181 Å². The Hall–Kier alpha value is -2.61. The summed E-state index contributed by atoms with van der Waals surface area (Å²) >= 11 is 1.39. The number of amides is 1. The van der Waals surface area contributed by atoms with Gasteiger partial charge in [-0.2, -0.15) is 0 Å². The van der Waals surface area contributed by atoms with Gasteiger partial charge < -0.3 is 5.32 Å². The molecule has 1 fully saturated rings. The van der Waals surface area contributed by atoms with Gasteiger partial charge in [0.2, 0.25) is 5.01 Å². The summed E-state index contributed by atoms with van der Waals surface area (Å²) in [4.78, 5) is 17.3. The molecule has 1 saturated heterocycles. The third-order valence-corrected chi connectivity index (χ3v) is 6.21. The number of carbonyl (C=O) groups is 1. The quantitative estimate of drug-likeness (QED) is 0.635. The van der Waals surface area contributed by atoms with Crippen molar-refractivity contribution in [2.75, 3.05) is 26.2 Å². The zero-order chi connectivity index (χ0) is 20.8. The molecule has 0 spiro atoms. The smallest absolute Gasteiger partial charge is 0.282 e. The van der Waals surface area contributed by atoms with Crippen LogP contribution in [0.15, 0.2) is 54.6 Å². The molecule has 3 aromatic rings. The average Bonchev–Trinajstić information content (AvgIpc) is 3.24. The largest absolute Gasteiger partial charge is 0.346 e. The van der Waals surface area contributed by atoms with Crippen LogP contribution in [0.4, 0.5) is 0 Å². The monoisotopic (exact) mass is 421 g/mol. The summed E-state index contributed by atoms with van der Waals surface area (Å²) in [5.74, 6) is -0.160. The van der Waals surface area contributed by atoms with Crippen molar-refractivity contribution in [3.8, 4) is 0 Å². The van der Waals surface area contributed by atoms with E-state index >= 15 is 0 Å². The Morgan fingerprint density at radius 2 is 1.57 bits per heavy atom. The summed E-state index contributed by atoms with van der Waals surface area (Å²) in [7, 11) is 0. The number of hydrogen-bond donors (Lipinski definition) is 1. The van der Waals surface area contributed by atoms with Crippen molar-refractivity contribution in [1.29, 1.82) is 0 Å². The van der Waals surface area contributed by atoms with Gasteiger partial charge in [-0.15, -0.1) is 10.2 Å². The third kappa shape index (κ3) is 5.72. The van der Waals surface area contributed by atoms with E-state index < -0.39 is 0 Å². The van der Waals surface area contributed by atoms with E-state index in [0.717, 1.165) is 49.8 Å². The Kier molecular flexibility index (Phi) is 6.84. The minimum Gasteiger partial charge on any atom is -0.346 e. The van der Waals surface area contributed by atoms with Gasteiger partial charge in [-0.25, -0.2) is 0 Å². The fraction of sp³-hybridized carbons (Fsp3) is 0.348. The second-order valence-corrected chi connectivity index (χ2v) is 8.77. The van der Waals surface area contributed by atoms with Crippen LogP contribution in [0.2, 0.25) is 0 Å². The van der Waals surface area contributed by atoms with E-state index in [9.17, 15) is 4.79 Å². The zero-order valence-corrected chi connectivity index (χ0v) is 18.1. The molecule has 1 N–H and O–H groups in total. The van der Waals surface area contributed by atoms with Crippen LogP contribution in [-0.2, 0) is 19.6 Å². The molecule has 2 heterocycles. The molecule has 1 amide bonds. The minimum absolute atomic E-state index is 0.160. The molecule has 0 bridgehead atoms. The zero-order valence-electron chi connectivity index (χ0n) is 17.3. The van der Waals surface area contributed by atoms with Gasteiger partial charge in [0.15, 0.2) is 0 Å². The molecular weight excluding hydrogens is 394 g/mol. The van der Waals surface area contributed by atoms with Crippen molar-refractivity contribution in [1.82, 2.24) is 25.3 Å². The number of piperazine rings is 1. The highest BCUT2D eigenvalue weighted by Crippen LogP contribution is 2.15.